The van der Waals surface area contributed by atoms with Crippen molar-refractivity contribution in [2.24, 2.45) is 7.05 Å². The molecular formula is C13H18N4O2S2. The van der Waals surface area contributed by atoms with Crippen LogP contribution in [0.2, 0.25) is 0 Å². The van der Waals surface area contributed by atoms with Crippen LogP contribution in [0.25, 0.3) is 0 Å². The number of piperidine rings is 1. The summed E-state index contributed by atoms with van der Waals surface area (Å²) in [6.45, 7) is 2.80. The quantitative estimate of drug-likeness (QED) is 0.862. The van der Waals surface area contributed by atoms with Crippen LogP contribution in [0.4, 0.5) is 0 Å². The Morgan fingerprint density at radius 2 is 2.24 bits per heavy atom. The predicted octanol–water partition coefficient (Wildman–Crippen LogP) is 1.75. The first-order chi connectivity index (χ1) is 9.98. The lowest BCUT2D eigenvalue weighted by atomic mass is 10.0. The minimum atomic E-state index is -3.47. The van der Waals surface area contributed by atoms with E-state index in [1.165, 1.54) is 0 Å². The monoisotopic (exact) mass is 326 g/mol. The van der Waals surface area contributed by atoms with Gasteiger partial charge in [-0.1, -0.05) is 0 Å². The van der Waals surface area contributed by atoms with Gasteiger partial charge in [-0.2, -0.15) is 9.40 Å². The van der Waals surface area contributed by atoms with E-state index in [1.54, 1.807) is 46.7 Å². The molecule has 0 aliphatic carbocycles. The molecule has 1 saturated heterocycles. The van der Waals surface area contributed by atoms with Crippen LogP contribution in [0.1, 0.15) is 29.5 Å². The number of sulfonamides is 1. The smallest absolute Gasteiger partial charge is 0.246 e. The maximum Gasteiger partial charge on any atom is 0.246 e. The molecule has 3 rings (SSSR count). The van der Waals surface area contributed by atoms with Crippen LogP contribution in [0.5, 0.6) is 0 Å². The minimum Gasteiger partial charge on any atom is -0.274 e. The Morgan fingerprint density at radius 3 is 2.86 bits per heavy atom. The second-order valence-corrected chi connectivity index (χ2v) is 8.16. The summed E-state index contributed by atoms with van der Waals surface area (Å²) in [7, 11) is -1.73. The van der Waals surface area contributed by atoms with E-state index >= 15 is 0 Å². The molecule has 0 spiro atoms. The Bertz CT molecular complexity index is 721. The van der Waals surface area contributed by atoms with Gasteiger partial charge in [-0.15, -0.1) is 11.3 Å². The van der Waals surface area contributed by atoms with E-state index < -0.39 is 10.0 Å². The average Bonchev–Trinajstić information content (AvgIpc) is 3.09. The molecule has 1 aliphatic rings. The highest BCUT2D eigenvalue weighted by Crippen LogP contribution is 2.31. The first-order valence-electron chi connectivity index (χ1n) is 6.88. The zero-order valence-electron chi connectivity index (χ0n) is 12.1. The van der Waals surface area contributed by atoms with Crippen LogP contribution in [0.3, 0.4) is 0 Å². The summed E-state index contributed by atoms with van der Waals surface area (Å²) in [5, 5.41) is 7.11. The highest BCUT2D eigenvalue weighted by atomic mass is 32.2. The zero-order valence-corrected chi connectivity index (χ0v) is 13.7. The summed E-state index contributed by atoms with van der Waals surface area (Å²) in [4.78, 5) is 4.64. The van der Waals surface area contributed by atoms with Gasteiger partial charge in [-0.3, -0.25) is 4.68 Å². The molecule has 1 atom stereocenters. The summed E-state index contributed by atoms with van der Waals surface area (Å²) in [6, 6.07) is 0. The standard InChI is InChI=1S/C13H18N4O2S2/c1-10-12(9-16(2)15-10)21(18,19)17-6-3-4-11(8-17)13-14-5-7-20-13/h5,7,9,11H,3-4,6,8H2,1-2H3/t11-/m1/s1. The van der Waals surface area contributed by atoms with Crippen LogP contribution >= 0.6 is 11.3 Å². The van der Waals surface area contributed by atoms with Gasteiger partial charge in [0.05, 0.1) is 10.7 Å². The van der Waals surface area contributed by atoms with E-state index in [-0.39, 0.29) is 5.92 Å². The second-order valence-electron chi connectivity index (χ2n) is 5.32. The van der Waals surface area contributed by atoms with Gasteiger partial charge in [0.25, 0.3) is 0 Å². The van der Waals surface area contributed by atoms with E-state index in [0.717, 1.165) is 17.8 Å². The van der Waals surface area contributed by atoms with Crippen LogP contribution in [-0.2, 0) is 17.1 Å². The highest BCUT2D eigenvalue weighted by Gasteiger charge is 2.33. The molecule has 3 heterocycles. The molecule has 0 aromatic carbocycles. The first-order valence-corrected chi connectivity index (χ1v) is 9.20. The van der Waals surface area contributed by atoms with E-state index in [2.05, 4.69) is 10.1 Å². The Kier molecular flexibility index (Phi) is 3.85. The highest BCUT2D eigenvalue weighted by molar-refractivity contribution is 7.89. The van der Waals surface area contributed by atoms with Crippen LogP contribution in [-0.4, -0.2) is 40.6 Å². The molecule has 6 nitrogen and oxygen atoms in total. The normalized spacial score (nSPS) is 20.8. The topological polar surface area (TPSA) is 68.1 Å². The zero-order chi connectivity index (χ0) is 15.0. The van der Waals surface area contributed by atoms with Crippen molar-refractivity contribution >= 4 is 21.4 Å². The number of thiazole rings is 1. The molecule has 0 N–H and O–H groups in total. The van der Waals surface area contributed by atoms with E-state index in [9.17, 15) is 8.42 Å². The van der Waals surface area contributed by atoms with Crippen molar-refractivity contribution in [1.82, 2.24) is 19.1 Å². The van der Waals surface area contributed by atoms with Gasteiger partial charge in [0.1, 0.15) is 4.90 Å². The number of nitrogens with zero attached hydrogens (tertiary/aromatic N) is 4. The Labute approximate surface area is 128 Å². The second kappa shape index (κ2) is 5.51. The minimum absolute atomic E-state index is 0.200. The van der Waals surface area contributed by atoms with Crippen molar-refractivity contribution in [3.8, 4) is 0 Å². The van der Waals surface area contributed by atoms with E-state index in [4.69, 9.17) is 0 Å². The molecule has 0 radical (unpaired) electrons. The van der Waals surface area contributed by atoms with Crippen LogP contribution in [0, 0.1) is 6.92 Å². The molecule has 1 aliphatic heterocycles. The molecule has 0 bridgehead atoms. The van der Waals surface area contributed by atoms with Gasteiger partial charge in [0, 0.05) is 43.8 Å². The van der Waals surface area contributed by atoms with Gasteiger partial charge in [0.2, 0.25) is 10.0 Å². The molecule has 0 saturated carbocycles. The Balaban J connectivity index is 1.87. The SMILES string of the molecule is Cc1nn(C)cc1S(=O)(=O)N1CCC[C@@H](c2nccs2)C1. The molecular weight excluding hydrogens is 308 g/mol. The van der Waals surface area contributed by atoms with Gasteiger partial charge in [0.15, 0.2) is 0 Å². The maximum atomic E-state index is 12.8. The van der Waals surface area contributed by atoms with E-state index in [0.29, 0.717) is 23.7 Å². The summed E-state index contributed by atoms with van der Waals surface area (Å²) in [5.41, 5.74) is 0.550. The number of hydrogen-bond donors (Lipinski definition) is 0. The van der Waals surface area contributed by atoms with Crippen molar-refractivity contribution in [2.45, 2.75) is 30.6 Å². The van der Waals surface area contributed by atoms with Gasteiger partial charge in [-0.05, 0) is 19.8 Å². The third-order valence-electron chi connectivity index (χ3n) is 3.77. The number of rotatable bonds is 3. The molecule has 8 heteroatoms. The molecule has 2 aromatic heterocycles. The summed E-state index contributed by atoms with van der Waals surface area (Å²) in [6.07, 6.45) is 5.21. The van der Waals surface area contributed by atoms with Crippen molar-refractivity contribution in [1.29, 1.82) is 0 Å². The lowest BCUT2D eigenvalue weighted by Crippen LogP contribution is -2.39. The van der Waals surface area contributed by atoms with Gasteiger partial charge in [-0.25, -0.2) is 13.4 Å². The first kappa shape index (κ1) is 14.7. The number of hydrogen-bond acceptors (Lipinski definition) is 5. The van der Waals surface area contributed by atoms with Crippen molar-refractivity contribution in [3.05, 3.63) is 28.5 Å². The van der Waals surface area contributed by atoms with Crippen molar-refractivity contribution in [3.63, 3.8) is 0 Å². The molecule has 2 aromatic rings. The fourth-order valence-corrected chi connectivity index (χ4v) is 5.26. The third-order valence-corrected chi connectivity index (χ3v) is 6.68. The largest absolute Gasteiger partial charge is 0.274 e. The Hall–Kier alpha value is -1.25. The molecule has 0 unspecified atom stereocenters. The fourth-order valence-electron chi connectivity index (χ4n) is 2.77. The number of aryl methyl sites for hydroxylation is 2. The van der Waals surface area contributed by atoms with Crippen molar-refractivity contribution < 1.29 is 8.42 Å². The molecule has 114 valence electrons. The molecule has 0 amide bonds. The summed E-state index contributed by atoms with van der Waals surface area (Å²) in [5.74, 6) is 0.200. The lowest BCUT2D eigenvalue weighted by Gasteiger charge is -2.30. The van der Waals surface area contributed by atoms with E-state index in [1.807, 2.05) is 5.38 Å². The predicted molar refractivity (Wildman–Crippen MR) is 80.8 cm³/mol. The Morgan fingerprint density at radius 1 is 1.43 bits per heavy atom. The van der Waals surface area contributed by atoms with Crippen molar-refractivity contribution in [2.75, 3.05) is 13.1 Å². The molecule has 1 fully saturated rings. The van der Waals surface area contributed by atoms with Crippen LogP contribution in [0.15, 0.2) is 22.7 Å². The maximum absolute atomic E-state index is 12.8. The molecule has 21 heavy (non-hydrogen) atoms. The summed E-state index contributed by atoms with van der Waals surface area (Å²) >= 11 is 1.60. The summed E-state index contributed by atoms with van der Waals surface area (Å²) < 4.78 is 28.7. The van der Waals surface area contributed by atoms with Gasteiger partial charge >= 0.3 is 0 Å². The number of aromatic nitrogens is 3. The third kappa shape index (κ3) is 2.75. The average molecular weight is 326 g/mol. The lowest BCUT2D eigenvalue weighted by molar-refractivity contribution is 0.315. The van der Waals surface area contributed by atoms with Gasteiger partial charge < -0.3 is 0 Å². The van der Waals surface area contributed by atoms with Crippen LogP contribution < -0.4 is 0 Å². The fraction of sp³-hybridized carbons (Fsp3) is 0.538.